The summed E-state index contributed by atoms with van der Waals surface area (Å²) in [5, 5.41) is 0. The van der Waals surface area contributed by atoms with Gasteiger partial charge in [-0.25, -0.2) is 4.39 Å². The van der Waals surface area contributed by atoms with Gasteiger partial charge in [-0.2, -0.15) is 0 Å². The molecule has 1 amide bonds. The Balaban J connectivity index is 2.23. The van der Waals surface area contributed by atoms with E-state index in [1.165, 1.54) is 4.90 Å². The molecule has 1 aromatic heterocycles. The third-order valence-corrected chi connectivity index (χ3v) is 3.00. The van der Waals surface area contributed by atoms with Gasteiger partial charge in [-0.1, -0.05) is 11.6 Å². The molecule has 1 aliphatic heterocycles. The number of carbonyl (C=O) groups excluding carboxylic acids is 1. The van der Waals surface area contributed by atoms with E-state index >= 15 is 0 Å². The lowest BCUT2D eigenvalue weighted by Gasteiger charge is -2.34. The normalized spacial score (nSPS) is 22.3. The monoisotopic (exact) mass is 230 g/mol. The number of carbonyl (C=O) groups is 1. The van der Waals surface area contributed by atoms with Crippen LogP contribution in [0.2, 0.25) is 0 Å². The van der Waals surface area contributed by atoms with Crippen molar-refractivity contribution in [3.05, 3.63) is 24.0 Å². The number of alkyl halides is 2. The summed E-state index contributed by atoms with van der Waals surface area (Å²) < 4.78 is 14.8. The minimum absolute atomic E-state index is 0.113. The van der Waals surface area contributed by atoms with Crippen LogP contribution in [0.15, 0.2) is 18.3 Å². The molecule has 0 aliphatic carbocycles. The second kappa shape index (κ2) is 3.85. The molecule has 5 heteroatoms. The molecular weight excluding hydrogens is 219 g/mol. The first kappa shape index (κ1) is 10.5. The quantitative estimate of drug-likeness (QED) is 0.677. The van der Waals surface area contributed by atoms with Gasteiger partial charge in [0.25, 0.3) is 11.5 Å². The summed E-state index contributed by atoms with van der Waals surface area (Å²) in [6.45, 7) is 3.08. The van der Waals surface area contributed by atoms with Crippen LogP contribution in [0.4, 0.5) is 4.39 Å². The third kappa shape index (κ3) is 1.74. The van der Waals surface area contributed by atoms with Crippen molar-refractivity contribution in [3.8, 4) is 0 Å². The van der Waals surface area contributed by atoms with Crippen LogP contribution in [-0.4, -0.2) is 27.5 Å². The Bertz CT molecular complexity index is 377. The smallest absolute Gasteiger partial charge is 0.273 e. The predicted molar refractivity (Wildman–Crippen MR) is 55.3 cm³/mol. The van der Waals surface area contributed by atoms with E-state index in [1.54, 1.807) is 0 Å². The minimum Gasteiger partial charge on any atom is -0.348 e. The zero-order valence-electron chi connectivity index (χ0n) is 8.36. The topological polar surface area (TPSA) is 25.2 Å². The van der Waals surface area contributed by atoms with Crippen LogP contribution in [0.25, 0.3) is 0 Å². The van der Waals surface area contributed by atoms with Crippen molar-refractivity contribution in [1.29, 1.82) is 0 Å². The standard InChI is InChI=1S/C10H12ClFN2O/c1-7-8-3-2-4-13(8)5-6-14(7)10(15)9(11)12/h2-4,7,9H,5-6H2,1H3. The van der Waals surface area contributed by atoms with Crippen molar-refractivity contribution in [2.75, 3.05) is 6.54 Å². The van der Waals surface area contributed by atoms with Gasteiger partial charge < -0.3 is 9.47 Å². The Morgan fingerprint density at radius 3 is 3.07 bits per heavy atom. The summed E-state index contributed by atoms with van der Waals surface area (Å²) in [4.78, 5) is 12.9. The second-order valence-corrected chi connectivity index (χ2v) is 4.02. The maximum absolute atomic E-state index is 12.7. The molecule has 1 aromatic rings. The molecule has 2 rings (SSSR count). The molecule has 0 saturated carbocycles. The zero-order valence-corrected chi connectivity index (χ0v) is 9.12. The molecule has 0 bridgehead atoms. The van der Waals surface area contributed by atoms with E-state index in [1.807, 2.05) is 25.3 Å². The summed E-state index contributed by atoms with van der Waals surface area (Å²) in [5.41, 5.74) is -0.916. The van der Waals surface area contributed by atoms with E-state index in [-0.39, 0.29) is 6.04 Å². The van der Waals surface area contributed by atoms with Crippen LogP contribution in [-0.2, 0) is 11.3 Å². The van der Waals surface area contributed by atoms with Gasteiger partial charge >= 0.3 is 0 Å². The number of hydrogen-bond donors (Lipinski definition) is 0. The second-order valence-electron chi connectivity index (χ2n) is 3.63. The average Bonchev–Trinajstić information content (AvgIpc) is 2.66. The van der Waals surface area contributed by atoms with Crippen LogP contribution in [0.5, 0.6) is 0 Å². The first-order valence-corrected chi connectivity index (χ1v) is 5.28. The lowest BCUT2D eigenvalue weighted by molar-refractivity contribution is -0.136. The Morgan fingerprint density at radius 2 is 2.40 bits per heavy atom. The van der Waals surface area contributed by atoms with E-state index in [2.05, 4.69) is 4.57 Å². The minimum atomic E-state index is -1.94. The van der Waals surface area contributed by atoms with Crippen LogP contribution in [0, 0.1) is 0 Å². The van der Waals surface area contributed by atoms with E-state index in [9.17, 15) is 9.18 Å². The summed E-state index contributed by atoms with van der Waals surface area (Å²) >= 11 is 5.16. The third-order valence-electron chi connectivity index (χ3n) is 2.81. The van der Waals surface area contributed by atoms with Gasteiger partial charge in [-0.15, -0.1) is 0 Å². The van der Waals surface area contributed by atoms with Gasteiger partial charge in [0.2, 0.25) is 0 Å². The van der Waals surface area contributed by atoms with Gasteiger partial charge in [0.15, 0.2) is 0 Å². The molecule has 2 heterocycles. The van der Waals surface area contributed by atoms with E-state index in [0.717, 1.165) is 5.69 Å². The first-order chi connectivity index (χ1) is 7.11. The number of aromatic nitrogens is 1. The molecule has 0 N–H and O–H groups in total. The number of halogens is 2. The lowest BCUT2D eigenvalue weighted by Crippen LogP contribution is -2.43. The summed E-state index contributed by atoms with van der Waals surface area (Å²) in [5.74, 6) is -0.642. The van der Waals surface area contributed by atoms with Gasteiger partial charge in [-0.3, -0.25) is 4.79 Å². The highest BCUT2D eigenvalue weighted by Gasteiger charge is 2.30. The lowest BCUT2D eigenvalue weighted by atomic mass is 10.1. The Morgan fingerprint density at radius 1 is 1.67 bits per heavy atom. The molecule has 82 valence electrons. The largest absolute Gasteiger partial charge is 0.348 e. The maximum atomic E-state index is 12.7. The fourth-order valence-electron chi connectivity index (χ4n) is 2.01. The Kier molecular flexibility index (Phi) is 2.69. The van der Waals surface area contributed by atoms with Crippen molar-refractivity contribution in [3.63, 3.8) is 0 Å². The van der Waals surface area contributed by atoms with Crippen LogP contribution in [0.3, 0.4) is 0 Å². The predicted octanol–water partition coefficient (Wildman–Crippen LogP) is 1.93. The summed E-state index contributed by atoms with van der Waals surface area (Å²) in [6.07, 6.45) is 1.96. The summed E-state index contributed by atoms with van der Waals surface area (Å²) in [7, 11) is 0. The average molecular weight is 231 g/mol. The van der Waals surface area contributed by atoms with Gasteiger partial charge in [-0.05, 0) is 19.1 Å². The van der Waals surface area contributed by atoms with Gasteiger partial charge in [0, 0.05) is 25.0 Å². The molecule has 0 saturated heterocycles. The highest BCUT2D eigenvalue weighted by Crippen LogP contribution is 2.26. The SMILES string of the molecule is CC1c2cccn2CCN1C(=O)C(F)Cl. The number of hydrogen-bond acceptors (Lipinski definition) is 1. The molecule has 2 atom stereocenters. The van der Waals surface area contributed by atoms with Crippen molar-refractivity contribution < 1.29 is 9.18 Å². The summed E-state index contributed by atoms with van der Waals surface area (Å²) in [6, 6.07) is 3.75. The molecule has 2 unspecified atom stereocenters. The zero-order chi connectivity index (χ0) is 11.0. The molecule has 15 heavy (non-hydrogen) atoms. The highest BCUT2D eigenvalue weighted by molar-refractivity contribution is 6.29. The maximum Gasteiger partial charge on any atom is 0.273 e. The van der Waals surface area contributed by atoms with Crippen molar-refractivity contribution in [2.45, 2.75) is 25.1 Å². The number of amides is 1. The van der Waals surface area contributed by atoms with Gasteiger partial charge in [0.05, 0.1) is 6.04 Å². The van der Waals surface area contributed by atoms with Crippen molar-refractivity contribution >= 4 is 17.5 Å². The first-order valence-electron chi connectivity index (χ1n) is 4.85. The molecule has 1 aliphatic rings. The fraction of sp³-hybridized carbons (Fsp3) is 0.500. The fourth-order valence-corrected chi connectivity index (χ4v) is 2.13. The number of nitrogens with zero attached hydrogens (tertiary/aromatic N) is 2. The van der Waals surface area contributed by atoms with Crippen molar-refractivity contribution in [1.82, 2.24) is 9.47 Å². The number of rotatable bonds is 1. The van der Waals surface area contributed by atoms with Crippen LogP contribution < -0.4 is 0 Å². The van der Waals surface area contributed by atoms with E-state index < -0.39 is 11.5 Å². The van der Waals surface area contributed by atoms with Gasteiger partial charge in [0.1, 0.15) is 0 Å². The Hall–Kier alpha value is -1.03. The van der Waals surface area contributed by atoms with Crippen LogP contribution in [0.1, 0.15) is 18.7 Å². The van der Waals surface area contributed by atoms with E-state index in [0.29, 0.717) is 13.1 Å². The highest BCUT2D eigenvalue weighted by atomic mass is 35.5. The van der Waals surface area contributed by atoms with Crippen molar-refractivity contribution in [2.24, 2.45) is 0 Å². The Labute approximate surface area is 92.4 Å². The molecular formula is C10H12ClFN2O. The molecule has 0 spiro atoms. The molecule has 0 radical (unpaired) electrons. The van der Waals surface area contributed by atoms with Crippen LogP contribution >= 0.6 is 11.6 Å². The number of fused-ring (bicyclic) bond motifs is 1. The molecule has 0 fully saturated rings. The molecule has 0 aromatic carbocycles. The molecule has 3 nitrogen and oxygen atoms in total. The van der Waals surface area contributed by atoms with E-state index in [4.69, 9.17) is 11.6 Å².